The number of Topliss-reactive ketones (excluding diaryl/α,β-unsaturated/α-hetero) is 1. The van der Waals surface area contributed by atoms with E-state index in [9.17, 15) is 14.4 Å². The maximum absolute atomic E-state index is 12.6. The van der Waals surface area contributed by atoms with Crippen LogP contribution in [0.1, 0.15) is 48.1 Å². The Labute approximate surface area is 176 Å². The normalized spacial score (nSPS) is 16.3. The molecule has 0 unspecified atom stereocenters. The van der Waals surface area contributed by atoms with Crippen LogP contribution in [0.5, 0.6) is 5.75 Å². The topological polar surface area (TPSA) is 77.8 Å². The molecule has 1 fully saturated rings. The van der Waals surface area contributed by atoms with Gasteiger partial charge in [-0.15, -0.1) is 0 Å². The molecular weight excluding hydrogens is 384 g/mol. The molecular formula is C23H28N2O5. The number of anilines is 1. The van der Waals surface area contributed by atoms with Crippen molar-refractivity contribution in [3.8, 4) is 5.75 Å². The SMILES string of the molecule is COc1ccccc1N1C[C@@H](C(=O)OCC(=O)c2cc(C)n(C(C)C)c2C)CC1=O. The number of esters is 1. The number of benzene rings is 1. The molecule has 1 aromatic carbocycles. The monoisotopic (exact) mass is 412 g/mol. The fourth-order valence-electron chi connectivity index (χ4n) is 4.14. The van der Waals surface area contributed by atoms with Gasteiger partial charge in [-0.1, -0.05) is 12.1 Å². The number of hydrogen-bond donors (Lipinski definition) is 0. The molecule has 7 heteroatoms. The van der Waals surface area contributed by atoms with Crippen molar-refractivity contribution in [2.24, 2.45) is 5.92 Å². The summed E-state index contributed by atoms with van der Waals surface area (Å²) in [5, 5.41) is 0. The minimum Gasteiger partial charge on any atom is -0.495 e. The van der Waals surface area contributed by atoms with E-state index in [4.69, 9.17) is 9.47 Å². The molecule has 0 spiro atoms. The van der Waals surface area contributed by atoms with E-state index in [-0.39, 0.29) is 37.3 Å². The van der Waals surface area contributed by atoms with E-state index < -0.39 is 11.9 Å². The van der Waals surface area contributed by atoms with Crippen molar-refractivity contribution in [3.63, 3.8) is 0 Å². The van der Waals surface area contributed by atoms with Gasteiger partial charge in [-0.2, -0.15) is 0 Å². The first-order valence-electron chi connectivity index (χ1n) is 10.1. The van der Waals surface area contributed by atoms with Crippen molar-refractivity contribution in [2.75, 3.05) is 25.2 Å². The van der Waals surface area contributed by atoms with Crippen molar-refractivity contribution in [2.45, 2.75) is 40.2 Å². The minimum atomic E-state index is -0.613. The van der Waals surface area contributed by atoms with Gasteiger partial charge in [-0.05, 0) is 45.9 Å². The zero-order chi connectivity index (χ0) is 22.0. The molecule has 1 amide bonds. The lowest BCUT2D eigenvalue weighted by Gasteiger charge is -2.19. The van der Waals surface area contributed by atoms with Gasteiger partial charge in [0.1, 0.15) is 5.75 Å². The van der Waals surface area contributed by atoms with E-state index in [1.54, 1.807) is 12.1 Å². The first-order chi connectivity index (χ1) is 14.2. The second kappa shape index (κ2) is 8.73. The van der Waals surface area contributed by atoms with Gasteiger partial charge in [-0.25, -0.2) is 0 Å². The molecule has 2 aromatic rings. The average molecular weight is 412 g/mol. The second-order valence-electron chi connectivity index (χ2n) is 7.86. The maximum atomic E-state index is 12.6. The van der Waals surface area contributed by atoms with Crippen LogP contribution in [-0.2, 0) is 14.3 Å². The highest BCUT2D eigenvalue weighted by Crippen LogP contribution is 2.33. The van der Waals surface area contributed by atoms with Gasteiger partial charge < -0.3 is 18.9 Å². The number of amides is 1. The van der Waals surface area contributed by atoms with Gasteiger partial charge >= 0.3 is 5.97 Å². The Morgan fingerprint density at radius 2 is 1.90 bits per heavy atom. The van der Waals surface area contributed by atoms with Crippen LogP contribution in [0.25, 0.3) is 0 Å². The number of ketones is 1. The highest BCUT2D eigenvalue weighted by Gasteiger charge is 2.37. The number of hydrogen-bond acceptors (Lipinski definition) is 5. The molecule has 0 radical (unpaired) electrons. The van der Waals surface area contributed by atoms with E-state index in [2.05, 4.69) is 18.4 Å². The minimum absolute atomic E-state index is 0.0485. The summed E-state index contributed by atoms with van der Waals surface area (Å²) in [6, 6.07) is 9.23. The summed E-state index contributed by atoms with van der Waals surface area (Å²) in [6.45, 7) is 7.82. The highest BCUT2D eigenvalue weighted by molar-refractivity contribution is 6.02. The lowest BCUT2D eigenvalue weighted by atomic mass is 10.1. The van der Waals surface area contributed by atoms with Crippen LogP contribution in [0.2, 0.25) is 0 Å². The lowest BCUT2D eigenvalue weighted by molar-refractivity contribution is -0.147. The molecule has 160 valence electrons. The Morgan fingerprint density at radius 3 is 2.53 bits per heavy atom. The molecule has 0 aliphatic carbocycles. The van der Waals surface area contributed by atoms with Crippen molar-refractivity contribution in [1.29, 1.82) is 0 Å². The number of rotatable bonds is 7. The van der Waals surface area contributed by atoms with Crippen molar-refractivity contribution >= 4 is 23.3 Å². The Balaban J connectivity index is 1.64. The molecule has 3 rings (SSSR count). The number of aryl methyl sites for hydroxylation is 1. The van der Waals surface area contributed by atoms with E-state index in [0.717, 1.165) is 11.4 Å². The van der Waals surface area contributed by atoms with Crippen LogP contribution < -0.4 is 9.64 Å². The second-order valence-corrected chi connectivity index (χ2v) is 7.86. The summed E-state index contributed by atoms with van der Waals surface area (Å²) in [5.41, 5.74) is 3.04. The number of methoxy groups -OCH3 is 1. The van der Waals surface area contributed by atoms with E-state index in [0.29, 0.717) is 17.0 Å². The molecule has 1 aliphatic rings. The number of carbonyl (C=O) groups excluding carboxylic acids is 3. The third kappa shape index (κ3) is 4.10. The Kier molecular flexibility index (Phi) is 6.29. The van der Waals surface area contributed by atoms with Crippen molar-refractivity contribution < 1.29 is 23.9 Å². The van der Waals surface area contributed by atoms with Crippen LogP contribution in [0.3, 0.4) is 0 Å². The highest BCUT2D eigenvalue weighted by atomic mass is 16.5. The Bertz CT molecular complexity index is 976. The van der Waals surface area contributed by atoms with Crippen molar-refractivity contribution in [3.05, 3.63) is 47.3 Å². The molecule has 1 aliphatic heterocycles. The first-order valence-corrected chi connectivity index (χ1v) is 10.1. The molecule has 1 atom stereocenters. The average Bonchev–Trinajstić information content (AvgIpc) is 3.25. The fourth-order valence-corrected chi connectivity index (χ4v) is 4.14. The number of nitrogens with zero attached hydrogens (tertiary/aromatic N) is 2. The summed E-state index contributed by atoms with van der Waals surface area (Å²) in [7, 11) is 1.53. The van der Waals surface area contributed by atoms with E-state index in [1.165, 1.54) is 12.0 Å². The van der Waals surface area contributed by atoms with E-state index in [1.807, 2.05) is 32.0 Å². The van der Waals surface area contributed by atoms with Gasteiger partial charge in [-0.3, -0.25) is 14.4 Å². The third-order valence-electron chi connectivity index (χ3n) is 5.48. The largest absolute Gasteiger partial charge is 0.495 e. The molecule has 30 heavy (non-hydrogen) atoms. The van der Waals surface area contributed by atoms with Crippen LogP contribution in [0, 0.1) is 19.8 Å². The van der Waals surface area contributed by atoms with Crippen LogP contribution in [0.4, 0.5) is 5.69 Å². The number of ether oxygens (including phenoxy) is 2. The lowest BCUT2D eigenvalue weighted by Crippen LogP contribution is -2.27. The third-order valence-corrected chi connectivity index (χ3v) is 5.48. The smallest absolute Gasteiger partial charge is 0.311 e. The standard InChI is InChI=1S/C23H28N2O5/c1-14(2)25-15(3)10-18(16(25)4)20(26)13-30-23(28)17-11-22(27)24(12-17)19-8-6-7-9-21(19)29-5/h6-10,14,17H,11-13H2,1-5H3/t17-/m0/s1. The summed E-state index contributed by atoms with van der Waals surface area (Å²) in [4.78, 5) is 39.1. The molecule has 0 N–H and O–H groups in total. The molecule has 7 nitrogen and oxygen atoms in total. The van der Waals surface area contributed by atoms with Gasteiger partial charge in [0, 0.05) is 36.0 Å². The number of aromatic nitrogens is 1. The van der Waals surface area contributed by atoms with Crippen LogP contribution in [0.15, 0.2) is 30.3 Å². The van der Waals surface area contributed by atoms with Crippen LogP contribution >= 0.6 is 0 Å². The first kappa shape index (κ1) is 21.6. The number of carbonyl (C=O) groups is 3. The molecule has 0 bridgehead atoms. The quantitative estimate of drug-likeness (QED) is 0.514. The maximum Gasteiger partial charge on any atom is 0.311 e. The van der Waals surface area contributed by atoms with Crippen LogP contribution in [-0.4, -0.2) is 42.5 Å². The van der Waals surface area contributed by atoms with Crippen molar-refractivity contribution in [1.82, 2.24) is 4.57 Å². The summed E-state index contributed by atoms with van der Waals surface area (Å²) >= 11 is 0. The van der Waals surface area contributed by atoms with E-state index >= 15 is 0 Å². The summed E-state index contributed by atoms with van der Waals surface area (Å²) in [6.07, 6.45) is 0.0485. The number of para-hydroxylation sites is 2. The fraction of sp³-hybridized carbons (Fsp3) is 0.435. The summed E-state index contributed by atoms with van der Waals surface area (Å²) < 4.78 is 12.7. The molecule has 1 aromatic heterocycles. The zero-order valence-electron chi connectivity index (χ0n) is 18.1. The predicted octanol–water partition coefficient (Wildman–Crippen LogP) is 3.47. The summed E-state index contributed by atoms with van der Waals surface area (Å²) in [5.74, 6) is -0.997. The molecule has 0 saturated carbocycles. The molecule has 2 heterocycles. The molecule has 1 saturated heterocycles. The Morgan fingerprint density at radius 1 is 1.20 bits per heavy atom. The predicted molar refractivity (Wildman–Crippen MR) is 113 cm³/mol. The van der Waals surface area contributed by atoms with Gasteiger partial charge in [0.15, 0.2) is 6.61 Å². The Hall–Kier alpha value is -3.09. The van der Waals surface area contributed by atoms with Gasteiger partial charge in [0.25, 0.3) is 0 Å². The van der Waals surface area contributed by atoms with Gasteiger partial charge in [0.2, 0.25) is 11.7 Å². The van der Waals surface area contributed by atoms with Gasteiger partial charge in [0.05, 0.1) is 18.7 Å². The zero-order valence-corrected chi connectivity index (χ0v) is 18.1.